The monoisotopic (exact) mass is 332 g/mol. The first-order valence-electron chi connectivity index (χ1n) is 6.98. The van der Waals surface area contributed by atoms with Gasteiger partial charge in [-0.05, 0) is 36.4 Å². The summed E-state index contributed by atoms with van der Waals surface area (Å²) in [5.41, 5.74) is 3.26. The third-order valence-corrected chi connectivity index (χ3v) is 3.21. The second kappa shape index (κ2) is 7.96. The van der Waals surface area contributed by atoms with Crippen molar-refractivity contribution < 1.29 is 23.4 Å². The molecule has 0 aliphatic carbocycles. The van der Waals surface area contributed by atoms with E-state index in [4.69, 9.17) is 14.2 Å². The van der Waals surface area contributed by atoms with Crippen LogP contribution in [0, 0.1) is 5.82 Å². The van der Waals surface area contributed by atoms with Crippen molar-refractivity contribution in [1.29, 1.82) is 0 Å². The normalized spacial score (nSPS) is 10.5. The van der Waals surface area contributed by atoms with Gasteiger partial charge in [-0.25, -0.2) is 9.82 Å². The molecule has 126 valence electrons. The van der Waals surface area contributed by atoms with Gasteiger partial charge in [0.25, 0.3) is 5.91 Å². The second-order valence-electron chi connectivity index (χ2n) is 4.63. The molecule has 0 atom stereocenters. The molecule has 2 rings (SSSR count). The molecule has 1 amide bonds. The summed E-state index contributed by atoms with van der Waals surface area (Å²) in [7, 11) is 4.51. The van der Waals surface area contributed by atoms with E-state index in [-0.39, 0.29) is 0 Å². The second-order valence-corrected chi connectivity index (χ2v) is 4.63. The lowest BCUT2D eigenvalue weighted by atomic mass is 10.2. The van der Waals surface area contributed by atoms with Gasteiger partial charge in [0.1, 0.15) is 5.82 Å². The molecule has 2 aromatic carbocycles. The SMILES string of the molecule is COc1ccc(/C=N\NC(=O)c2ccc(F)cc2)c(OC)c1OC. The minimum atomic E-state index is -0.453. The Kier molecular flexibility index (Phi) is 5.73. The minimum Gasteiger partial charge on any atom is -0.493 e. The Morgan fingerprint density at radius 1 is 1.00 bits per heavy atom. The van der Waals surface area contributed by atoms with E-state index in [2.05, 4.69) is 10.5 Å². The van der Waals surface area contributed by atoms with Crippen LogP contribution >= 0.6 is 0 Å². The predicted molar refractivity (Wildman–Crippen MR) is 87.6 cm³/mol. The zero-order valence-corrected chi connectivity index (χ0v) is 13.5. The van der Waals surface area contributed by atoms with Crippen molar-refractivity contribution in [3.8, 4) is 17.2 Å². The maximum atomic E-state index is 12.8. The number of nitrogens with zero attached hydrogens (tertiary/aromatic N) is 1. The average Bonchev–Trinajstić information content (AvgIpc) is 2.61. The number of methoxy groups -OCH3 is 3. The Morgan fingerprint density at radius 2 is 1.67 bits per heavy atom. The fourth-order valence-electron chi connectivity index (χ4n) is 2.05. The Bertz CT molecular complexity index is 745. The van der Waals surface area contributed by atoms with Gasteiger partial charge in [0, 0.05) is 11.1 Å². The smallest absolute Gasteiger partial charge is 0.271 e. The number of rotatable bonds is 6. The maximum Gasteiger partial charge on any atom is 0.271 e. The van der Waals surface area contributed by atoms with Gasteiger partial charge in [0.05, 0.1) is 27.5 Å². The molecule has 0 unspecified atom stereocenters. The highest BCUT2D eigenvalue weighted by molar-refractivity contribution is 5.95. The highest BCUT2D eigenvalue weighted by Gasteiger charge is 2.14. The Balaban J connectivity index is 2.17. The molecule has 0 fully saturated rings. The first kappa shape index (κ1) is 17.3. The molecule has 0 aromatic heterocycles. The van der Waals surface area contributed by atoms with Crippen molar-refractivity contribution >= 4 is 12.1 Å². The zero-order chi connectivity index (χ0) is 17.5. The molecule has 24 heavy (non-hydrogen) atoms. The first-order chi connectivity index (χ1) is 11.6. The lowest BCUT2D eigenvalue weighted by molar-refractivity contribution is 0.0955. The third kappa shape index (κ3) is 3.81. The Morgan fingerprint density at radius 3 is 2.25 bits per heavy atom. The van der Waals surface area contributed by atoms with Crippen LogP contribution in [0.4, 0.5) is 4.39 Å². The van der Waals surface area contributed by atoms with Crippen LogP contribution in [0.25, 0.3) is 0 Å². The molecular weight excluding hydrogens is 315 g/mol. The van der Waals surface area contributed by atoms with Crippen molar-refractivity contribution in [2.45, 2.75) is 0 Å². The lowest BCUT2D eigenvalue weighted by Crippen LogP contribution is -2.17. The van der Waals surface area contributed by atoms with Crippen molar-refractivity contribution in [3.05, 3.63) is 53.3 Å². The van der Waals surface area contributed by atoms with E-state index in [1.165, 1.54) is 51.8 Å². The van der Waals surface area contributed by atoms with Crippen LogP contribution in [0.2, 0.25) is 0 Å². The predicted octanol–water partition coefficient (Wildman–Crippen LogP) is 2.62. The number of nitrogens with one attached hydrogen (secondary N) is 1. The van der Waals surface area contributed by atoms with E-state index >= 15 is 0 Å². The van der Waals surface area contributed by atoms with E-state index in [1.807, 2.05) is 0 Å². The van der Waals surface area contributed by atoms with Crippen molar-refractivity contribution in [1.82, 2.24) is 5.43 Å². The van der Waals surface area contributed by atoms with Gasteiger partial charge in [-0.15, -0.1) is 0 Å². The molecule has 6 nitrogen and oxygen atoms in total. The largest absolute Gasteiger partial charge is 0.493 e. The Labute approximate surface area is 138 Å². The van der Waals surface area contributed by atoms with Crippen LogP contribution in [0.15, 0.2) is 41.5 Å². The van der Waals surface area contributed by atoms with Gasteiger partial charge in [-0.3, -0.25) is 4.79 Å². The molecule has 0 aliphatic rings. The van der Waals surface area contributed by atoms with Gasteiger partial charge >= 0.3 is 0 Å². The summed E-state index contributed by atoms with van der Waals surface area (Å²) >= 11 is 0. The standard InChI is InChI=1S/C17H17FN2O4/c1-22-14-9-6-12(15(23-2)16(14)24-3)10-19-20-17(21)11-4-7-13(18)8-5-11/h4-10H,1-3H3,(H,20,21)/b19-10-. The first-order valence-corrected chi connectivity index (χ1v) is 6.98. The number of benzene rings is 2. The van der Waals surface area contributed by atoms with Crippen LogP contribution < -0.4 is 19.6 Å². The summed E-state index contributed by atoms with van der Waals surface area (Å²) < 4.78 is 28.6. The molecule has 0 saturated heterocycles. The van der Waals surface area contributed by atoms with Gasteiger partial charge in [0.15, 0.2) is 11.5 Å². The molecule has 0 spiro atoms. The quantitative estimate of drug-likeness (QED) is 0.652. The lowest BCUT2D eigenvalue weighted by Gasteiger charge is -2.13. The van der Waals surface area contributed by atoms with Crippen LogP contribution in [0.1, 0.15) is 15.9 Å². The summed E-state index contributed by atoms with van der Waals surface area (Å²) in [5, 5.41) is 3.89. The van der Waals surface area contributed by atoms with E-state index in [0.29, 0.717) is 28.4 Å². The van der Waals surface area contributed by atoms with Crippen LogP contribution in [0.5, 0.6) is 17.2 Å². The maximum absolute atomic E-state index is 12.8. The summed E-state index contributed by atoms with van der Waals surface area (Å²) in [6.45, 7) is 0. The van der Waals surface area contributed by atoms with Gasteiger partial charge in [-0.2, -0.15) is 5.10 Å². The van der Waals surface area contributed by atoms with Crippen LogP contribution in [-0.4, -0.2) is 33.5 Å². The number of hydrazone groups is 1. The molecular formula is C17H17FN2O4. The van der Waals surface area contributed by atoms with Crippen LogP contribution in [-0.2, 0) is 0 Å². The number of carbonyl (C=O) groups excluding carboxylic acids is 1. The van der Waals surface area contributed by atoms with Crippen molar-refractivity contribution in [3.63, 3.8) is 0 Å². The van der Waals surface area contributed by atoms with E-state index < -0.39 is 11.7 Å². The van der Waals surface area contributed by atoms with Gasteiger partial charge in [0.2, 0.25) is 5.75 Å². The zero-order valence-electron chi connectivity index (χ0n) is 13.5. The molecule has 2 aromatic rings. The highest BCUT2D eigenvalue weighted by atomic mass is 19.1. The van der Waals surface area contributed by atoms with Gasteiger partial charge < -0.3 is 14.2 Å². The molecule has 0 bridgehead atoms. The molecule has 0 heterocycles. The van der Waals surface area contributed by atoms with Crippen molar-refractivity contribution in [2.24, 2.45) is 5.10 Å². The third-order valence-electron chi connectivity index (χ3n) is 3.21. The fourth-order valence-corrected chi connectivity index (χ4v) is 2.05. The molecule has 0 radical (unpaired) electrons. The fraction of sp³-hybridized carbons (Fsp3) is 0.176. The summed E-state index contributed by atoms with van der Waals surface area (Å²) in [4.78, 5) is 11.9. The number of hydrogen-bond donors (Lipinski definition) is 1. The van der Waals surface area contributed by atoms with E-state index in [9.17, 15) is 9.18 Å². The molecule has 0 saturated carbocycles. The molecule has 1 N–H and O–H groups in total. The molecule has 0 aliphatic heterocycles. The summed E-state index contributed by atoms with van der Waals surface area (Å²) in [6.07, 6.45) is 1.42. The molecule has 7 heteroatoms. The number of halogens is 1. The topological polar surface area (TPSA) is 69.2 Å². The van der Waals surface area contributed by atoms with E-state index in [0.717, 1.165) is 0 Å². The summed E-state index contributed by atoms with van der Waals surface area (Å²) in [5.74, 6) is 0.503. The average molecular weight is 332 g/mol. The number of hydrogen-bond acceptors (Lipinski definition) is 5. The Hall–Kier alpha value is -3.09. The van der Waals surface area contributed by atoms with Crippen molar-refractivity contribution in [2.75, 3.05) is 21.3 Å². The minimum absolute atomic E-state index is 0.299. The number of ether oxygens (including phenoxy) is 3. The van der Waals surface area contributed by atoms with E-state index in [1.54, 1.807) is 12.1 Å². The number of carbonyl (C=O) groups is 1. The highest BCUT2D eigenvalue weighted by Crippen LogP contribution is 2.38. The summed E-state index contributed by atoms with van der Waals surface area (Å²) in [6, 6.07) is 8.57. The van der Waals surface area contributed by atoms with Gasteiger partial charge in [-0.1, -0.05) is 0 Å². The van der Waals surface area contributed by atoms with Crippen LogP contribution in [0.3, 0.4) is 0 Å². The number of amides is 1.